The number of aromatic nitrogens is 2. The molecule has 0 fully saturated rings. The maximum Gasteiger partial charge on any atom is 0.225 e. The molecular formula is C17H32N4. The molecule has 0 aliphatic carbocycles. The Morgan fingerprint density at radius 2 is 1.81 bits per heavy atom. The van der Waals surface area contributed by atoms with Crippen LogP contribution in [0.4, 0.5) is 5.95 Å². The molecule has 120 valence electrons. The molecule has 0 saturated carbocycles. The van der Waals surface area contributed by atoms with Crippen LogP contribution in [0.2, 0.25) is 0 Å². The molecule has 0 radical (unpaired) electrons. The lowest BCUT2D eigenvalue weighted by Gasteiger charge is -2.26. The van der Waals surface area contributed by atoms with E-state index in [0.29, 0.717) is 17.9 Å². The largest absolute Gasteiger partial charge is 0.341 e. The molecule has 1 aromatic rings. The number of anilines is 1. The highest BCUT2D eigenvalue weighted by atomic mass is 15.2. The monoisotopic (exact) mass is 292 g/mol. The van der Waals surface area contributed by atoms with E-state index >= 15 is 0 Å². The Morgan fingerprint density at radius 1 is 1.14 bits per heavy atom. The zero-order valence-corrected chi connectivity index (χ0v) is 14.8. The Hall–Kier alpha value is -1.16. The van der Waals surface area contributed by atoms with Crippen LogP contribution in [0.3, 0.4) is 0 Å². The van der Waals surface area contributed by atoms with E-state index in [9.17, 15) is 0 Å². The predicted octanol–water partition coefficient (Wildman–Crippen LogP) is 3.40. The van der Waals surface area contributed by atoms with E-state index < -0.39 is 0 Å². The third-order valence-electron chi connectivity index (χ3n) is 3.73. The van der Waals surface area contributed by atoms with E-state index in [1.54, 1.807) is 0 Å². The Kier molecular flexibility index (Phi) is 7.09. The Labute approximate surface area is 130 Å². The van der Waals surface area contributed by atoms with Crippen LogP contribution in [0.5, 0.6) is 0 Å². The molecule has 0 saturated heterocycles. The van der Waals surface area contributed by atoms with Gasteiger partial charge in [-0.05, 0) is 38.6 Å². The minimum Gasteiger partial charge on any atom is -0.341 e. The molecular weight excluding hydrogens is 260 g/mol. The molecule has 4 heteroatoms. The average molecular weight is 292 g/mol. The first-order chi connectivity index (χ1) is 9.81. The summed E-state index contributed by atoms with van der Waals surface area (Å²) in [7, 11) is 2.08. The second kappa shape index (κ2) is 8.32. The van der Waals surface area contributed by atoms with Gasteiger partial charge in [0.25, 0.3) is 0 Å². The molecule has 0 bridgehead atoms. The van der Waals surface area contributed by atoms with Gasteiger partial charge in [-0.3, -0.25) is 0 Å². The zero-order valence-electron chi connectivity index (χ0n) is 14.8. The zero-order chi connectivity index (χ0) is 16.0. The summed E-state index contributed by atoms with van der Waals surface area (Å²) in [5.41, 5.74) is 2.25. The van der Waals surface area contributed by atoms with Crippen molar-refractivity contribution >= 4 is 5.95 Å². The van der Waals surface area contributed by atoms with Crippen molar-refractivity contribution in [3.8, 4) is 0 Å². The average Bonchev–Trinajstić information content (AvgIpc) is 2.38. The first kappa shape index (κ1) is 17.9. The van der Waals surface area contributed by atoms with Crippen molar-refractivity contribution in [2.45, 2.75) is 60.5 Å². The maximum absolute atomic E-state index is 4.67. The van der Waals surface area contributed by atoms with Gasteiger partial charge in [-0.2, -0.15) is 0 Å². The van der Waals surface area contributed by atoms with Gasteiger partial charge in [-0.1, -0.05) is 27.7 Å². The SMILES string of the molecule is Cc1nc(N(C)C(C)CC(C)C)ncc1CNCC(C)C. The van der Waals surface area contributed by atoms with E-state index in [0.717, 1.165) is 31.2 Å². The van der Waals surface area contributed by atoms with Crippen LogP contribution >= 0.6 is 0 Å². The highest BCUT2D eigenvalue weighted by Crippen LogP contribution is 2.16. The minimum absolute atomic E-state index is 0.453. The van der Waals surface area contributed by atoms with E-state index in [1.165, 1.54) is 5.56 Å². The normalized spacial score (nSPS) is 13.0. The fraction of sp³-hybridized carbons (Fsp3) is 0.765. The molecule has 0 aliphatic heterocycles. The fourth-order valence-corrected chi connectivity index (χ4v) is 2.36. The molecule has 0 spiro atoms. The van der Waals surface area contributed by atoms with Crippen molar-refractivity contribution in [3.63, 3.8) is 0 Å². The van der Waals surface area contributed by atoms with Gasteiger partial charge in [0.1, 0.15) is 0 Å². The van der Waals surface area contributed by atoms with Gasteiger partial charge in [0, 0.05) is 37.1 Å². The first-order valence-corrected chi connectivity index (χ1v) is 8.07. The molecule has 1 aromatic heterocycles. The quantitative estimate of drug-likeness (QED) is 0.797. The fourth-order valence-electron chi connectivity index (χ4n) is 2.36. The summed E-state index contributed by atoms with van der Waals surface area (Å²) in [6.07, 6.45) is 3.11. The summed E-state index contributed by atoms with van der Waals surface area (Å²) in [5.74, 6) is 2.17. The van der Waals surface area contributed by atoms with Crippen LogP contribution in [-0.2, 0) is 6.54 Å². The third kappa shape index (κ3) is 6.00. The molecule has 21 heavy (non-hydrogen) atoms. The molecule has 0 amide bonds. The van der Waals surface area contributed by atoms with E-state index in [-0.39, 0.29) is 0 Å². The van der Waals surface area contributed by atoms with Crippen molar-refractivity contribution in [1.82, 2.24) is 15.3 Å². The number of nitrogens with one attached hydrogen (secondary N) is 1. The van der Waals surface area contributed by atoms with Gasteiger partial charge in [0.05, 0.1) is 0 Å². The van der Waals surface area contributed by atoms with Crippen molar-refractivity contribution in [2.75, 3.05) is 18.5 Å². The van der Waals surface area contributed by atoms with Gasteiger partial charge in [0.15, 0.2) is 0 Å². The smallest absolute Gasteiger partial charge is 0.225 e. The van der Waals surface area contributed by atoms with Gasteiger partial charge in [-0.15, -0.1) is 0 Å². The van der Waals surface area contributed by atoms with Gasteiger partial charge in [0.2, 0.25) is 5.95 Å². The van der Waals surface area contributed by atoms with Gasteiger partial charge in [-0.25, -0.2) is 9.97 Å². The van der Waals surface area contributed by atoms with Crippen LogP contribution in [0.1, 0.15) is 52.3 Å². The lowest BCUT2D eigenvalue weighted by atomic mass is 10.0. The lowest BCUT2D eigenvalue weighted by molar-refractivity contribution is 0.499. The minimum atomic E-state index is 0.453. The summed E-state index contributed by atoms with van der Waals surface area (Å²) in [6, 6.07) is 0.453. The van der Waals surface area contributed by atoms with E-state index in [2.05, 4.69) is 68.8 Å². The van der Waals surface area contributed by atoms with E-state index in [4.69, 9.17) is 0 Å². The Bertz CT molecular complexity index is 429. The number of hydrogen-bond donors (Lipinski definition) is 1. The predicted molar refractivity (Wildman–Crippen MR) is 90.6 cm³/mol. The third-order valence-corrected chi connectivity index (χ3v) is 3.73. The molecule has 4 nitrogen and oxygen atoms in total. The summed E-state index contributed by atoms with van der Waals surface area (Å²) >= 11 is 0. The standard InChI is InChI=1S/C17H32N4/c1-12(2)8-14(5)21(7)17-19-11-16(15(6)20-17)10-18-9-13(3)4/h11-14,18H,8-10H2,1-7H3. The lowest BCUT2D eigenvalue weighted by Crippen LogP contribution is -2.32. The van der Waals surface area contributed by atoms with Crippen molar-refractivity contribution in [3.05, 3.63) is 17.5 Å². The number of rotatable bonds is 8. The summed E-state index contributed by atoms with van der Waals surface area (Å²) in [5, 5.41) is 3.45. The summed E-state index contributed by atoms with van der Waals surface area (Å²) in [6.45, 7) is 15.1. The summed E-state index contributed by atoms with van der Waals surface area (Å²) < 4.78 is 0. The molecule has 0 aromatic carbocycles. The Morgan fingerprint density at radius 3 is 2.33 bits per heavy atom. The number of aryl methyl sites for hydroxylation is 1. The Balaban J connectivity index is 2.68. The van der Waals surface area contributed by atoms with E-state index in [1.807, 2.05) is 6.20 Å². The van der Waals surface area contributed by atoms with Crippen LogP contribution in [0.25, 0.3) is 0 Å². The molecule has 1 unspecified atom stereocenters. The maximum atomic E-state index is 4.67. The number of nitrogens with zero attached hydrogens (tertiary/aromatic N) is 3. The second-order valence-electron chi connectivity index (χ2n) is 6.89. The van der Waals surface area contributed by atoms with Crippen molar-refractivity contribution in [2.24, 2.45) is 11.8 Å². The molecule has 1 heterocycles. The first-order valence-electron chi connectivity index (χ1n) is 8.07. The van der Waals surface area contributed by atoms with Gasteiger partial charge < -0.3 is 10.2 Å². The number of hydrogen-bond acceptors (Lipinski definition) is 4. The van der Waals surface area contributed by atoms with Crippen molar-refractivity contribution < 1.29 is 0 Å². The van der Waals surface area contributed by atoms with Crippen LogP contribution in [0, 0.1) is 18.8 Å². The van der Waals surface area contributed by atoms with Crippen LogP contribution in [0.15, 0.2) is 6.20 Å². The van der Waals surface area contributed by atoms with Crippen molar-refractivity contribution in [1.29, 1.82) is 0 Å². The second-order valence-corrected chi connectivity index (χ2v) is 6.89. The molecule has 1 rings (SSSR count). The van der Waals surface area contributed by atoms with Crippen LogP contribution in [-0.4, -0.2) is 29.6 Å². The van der Waals surface area contributed by atoms with Gasteiger partial charge >= 0.3 is 0 Å². The summed E-state index contributed by atoms with van der Waals surface area (Å²) in [4.78, 5) is 11.4. The molecule has 0 aliphatic rings. The molecule has 1 atom stereocenters. The highest BCUT2D eigenvalue weighted by molar-refractivity contribution is 5.33. The van der Waals surface area contributed by atoms with Crippen LogP contribution < -0.4 is 10.2 Å². The topological polar surface area (TPSA) is 41.1 Å². The highest BCUT2D eigenvalue weighted by Gasteiger charge is 2.15. The molecule has 1 N–H and O–H groups in total.